The highest BCUT2D eigenvalue weighted by Crippen LogP contribution is 2.29. The summed E-state index contributed by atoms with van der Waals surface area (Å²) < 4.78 is 1.94. The molecule has 0 saturated heterocycles. The number of carbonyl (C=O) groups excluding carboxylic acids is 1. The Balaban J connectivity index is 2.33. The van der Waals surface area contributed by atoms with Crippen molar-refractivity contribution in [3.05, 3.63) is 12.7 Å². The van der Waals surface area contributed by atoms with Gasteiger partial charge in [-0.05, 0) is 12.3 Å². The van der Waals surface area contributed by atoms with E-state index in [0.717, 1.165) is 14.4 Å². The van der Waals surface area contributed by atoms with Gasteiger partial charge in [0.05, 0.1) is 0 Å². The third-order valence-electron chi connectivity index (χ3n) is 1.49. The van der Waals surface area contributed by atoms with Gasteiger partial charge in [0.15, 0.2) is 8.68 Å². The second kappa shape index (κ2) is 7.37. The molecule has 1 heterocycles. The Bertz CT molecular complexity index is 366. The highest BCUT2D eigenvalue weighted by Gasteiger charge is 2.10. The van der Waals surface area contributed by atoms with Crippen molar-refractivity contribution in [1.29, 1.82) is 0 Å². The molecule has 0 N–H and O–H groups in total. The average Bonchev–Trinajstić information content (AvgIpc) is 2.74. The minimum atomic E-state index is 0.0233. The van der Waals surface area contributed by atoms with Crippen LogP contribution in [0.5, 0.6) is 0 Å². The van der Waals surface area contributed by atoms with Crippen molar-refractivity contribution in [3.8, 4) is 0 Å². The first kappa shape index (κ1) is 14.1. The molecule has 16 heavy (non-hydrogen) atoms. The Morgan fingerprint density at radius 1 is 1.56 bits per heavy atom. The van der Waals surface area contributed by atoms with Crippen LogP contribution in [0.2, 0.25) is 0 Å². The van der Waals surface area contributed by atoms with Crippen LogP contribution in [0.1, 0.15) is 6.92 Å². The molecule has 0 bridgehead atoms. The van der Waals surface area contributed by atoms with E-state index >= 15 is 0 Å². The van der Waals surface area contributed by atoms with E-state index in [1.54, 1.807) is 34.9 Å². The zero-order valence-electron chi connectivity index (χ0n) is 9.00. The van der Waals surface area contributed by atoms with Gasteiger partial charge in [-0.2, -0.15) is 0 Å². The Hall–Kier alpha value is 0.0200. The van der Waals surface area contributed by atoms with Crippen LogP contribution in [0.3, 0.4) is 0 Å². The van der Waals surface area contributed by atoms with Gasteiger partial charge < -0.3 is 0 Å². The van der Waals surface area contributed by atoms with Gasteiger partial charge in [0.2, 0.25) is 5.12 Å². The van der Waals surface area contributed by atoms with E-state index in [2.05, 4.69) is 16.8 Å². The maximum absolute atomic E-state index is 11.1. The standard InChI is InChI=1S/C9H12N2OS4/c1-4-7(12)15-6(2)5-14-9-11-10-8(13-3)16-9/h4,6H,1,5H2,2-3H3. The average molecular weight is 292 g/mol. The summed E-state index contributed by atoms with van der Waals surface area (Å²) in [6.07, 6.45) is 3.33. The second-order valence-electron chi connectivity index (χ2n) is 2.80. The van der Waals surface area contributed by atoms with Crippen molar-refractivity contribution >= 4 is 51.7 Å². The molecule has 0 aliphatic rings. The number of thioether (sulfide) groups is 3. The number of nitrogens with zero attached hydrogens (tertiary/aromatic N) is 2. The van der Waals surface area contributed by atoms with E-state index in [1.807, 2.05) is 13.2 Å². The van der Waals surface area contributed by atoms with Gasteiger partial charge in [-0.25, -0.2) is 0 Å². The van der Waals surface area contributed by atoms with Crippen LogP contribution in [0, 0.1) is 0 Å². The molecule has 1 unspecified atom stereocenters. The first-order chi connectivity index (χ1) is 7.65. The van der Waals surface area contributed by atoms with Gasteiger partial charge in [-0.1, -0.05) is 60.1 Å². The normalized spacial score (nSPS) is 12.4. The molecule has 0 spiro atoms. The Morgan fingerprint density at radius 3 is 2.81 bits per heavy atom. The molecule has 0 radical (unpaired) electrons. The van der Waals surface area contributed by atoms with Gasteiger partial charge >= 0.3 is 0 Å². The highest BCUT2D eigenvalue weighted by atomic mass is 32.2. The SMILES string of the molecule is C=CC(=O)SC(C)CSc1nnc(SC)s1. The van der Waals surface area contributed by atoms with Crippen molar-refractivity contribution in [3.63, 3.8) is 0 Å². The summed E-state index contributed by atoms with van der Waals surface area (Å²) in [7, 11) is 0. The molecule has 1 atom stereocenters. The van der Waals surface area contributed by atoms with Gasteiger partial charge in [0.25, 0.3) is 0 Å². The Morgan fingerprint density at radius 2 is 2.25 bits per heavy atom. The van der Waals surface area contributed by atoms with Crippen molar-refractivity contribution in [2.24, 2.45) is 0 Å². The largest absolute Gasteiger partial charge is 0.282 e. The summed E-state index contributed by atoms with van der Waals surface area (Å²) in [5.74, 6) is 0.854. The van der Waals surface area contributed by atoms with Crippen LogP contribution in [0.4, 0.5) is 0 Å². The van der Waals surface area contributed by atoms with Crippen LogP contribution in [-0.4, -0.2) is 32.6 Å². The predicted molar refractivity (Wildman–Crippen MR) is 74.7 cm³/mol. The van der Waals surface area contributed by atoms with Crippen LogP contribution in [0.25, 0.3) is 0 Å². The number of hydrogen-bond acceptors (Lipinski definition) is 7. The summed E-state index contributed by atoms with van der Waals surface area (Å²) in [4.78, 5) is 11.1. The summed E-state index contributed by atoms with van der Waals surface area (Å²) in [6.45, 7) is 5.47. The van der Waals surface area contributed by atoms with Crippen molar-refractivity contribution in [2.45, 2.75) is 20.9 Å². The third kappa shape index (κ3) is 4.90. The summed E-state index contributed by atoms with van der Waals surface area (Å²) in [5, 5.41) is 8.35. The minimum absolute atomic E-state index is 0.0233. The lowest BCUT2D eigenvalue weighted by Gasteiger charge is -2.05. The van der Waals surface area contributed by atoms with Crippen LogP contribution in [0.15, 0.2) is 21.3 Å². The fourth-order valence-electron chi connectivity index (χ4n) is 0.807. The number of rotatable bonds is 6. The molecule has 1 aromatic rings. The molecule has 0 amide bonds. The zero-order valence-corrected chi connectivity index (χ0v) is 12.3. The maximum Gasteiger partial charge on any atom is 0.211 e. The van der Waals surface area contributed by atoms with E-state index in [9.17, 15) is 4.79 Å². The quantitative estimate of drug-likeness (QED) is 0.592. The van der Waals surface area contributed by atoms with Crippen molar-refractivity contribution < 1.29 is 4.79 Å². The topological polar surface area (TPSA) is 42.9 Å². The molecule has 0 fully saturated rings. The second-order valence-corrected chi connectivity index (χ2v) is 7.54. The van der Waals surface area contributed by atoms with Gasteiger partial charge in [0, 0.05) is 11.0 Å². The highest BCUT2D eigenvalue weighted by molar-refractivity contribution is 8.15. The van der Waals surface area contributed by atoms with Crippen LogP contribution in [-0.2, 0) is 4.79 Å². The number of aromatic nitrogens is 2. The fourth-order valence-corrected chi connectivity index (χ4v) is 4.09. The monoisotopic (exact) mass is 292 g/mol. The molecular formula is C9H12N2OS4. The molecule has 7 heteroatoms. The number of carbonyl (C=O) groups is 1. The first-order valence-electron chi connectivity index (χ1n) is 4.49. The van der Waals surface area contributed by atoms with Gasteiger partial charge in [0.1, 0.15) is 0 Å². The van der Waals surface area contributed by atoms with E-state index in [4.69, 9.17) is 0 Å². The molecule has 3 nitrogen and oxygen atoms in total. The smallest absolute Gasteiger partial charge is 0.211 e. The molecule has 88 valence electrons. The van der Waals surface area contributed by atoms with Gasteiger partial charge in [-0.3, -0.25) is 4.79 Å². The molecule has 1 aromatic heterocycles. The molecule has 0 aromatic carbocycles. The third-order valence-corrected chi connectivity index (χ3v) is 5.96. The molecule has 1 rings (SSSR count). The lowest BCUT2D eigenvalue weighted by atomic mass is 10.6. The lowest BCUT2D eigenvalue weighted by Crippen LogP contribution is -2.03. The van der Waals surface area contributed by atoms with E-state index in [-0.39, 0.29) is 10.4 Å². The maximum atomic E-state index is 11.1. The van der Waals surface area contributed by atoms with E-state index in [1.165, 1.54) is 17.8 Å². The minimum Gasteiger partial charge on any atom is -0.282 e. The predicted octanol–water partition coefficient (Wildman–Crippen LogP) is 3.19. The van der Waals surface area contributed by atoms with Crippen LogP contribution < -0.4 is 0 Å². The first-order valence-corrected chi connectivity index (χ1v) is 8.39. The summed E-state index contributed by atoms with van der Waals surface area (Å²) >= 11 is 6.13. The Labute approximate surface area is 112 Å². The molecule has 0 aliphatic heterocycles. The Kier molecular flexibility index (Phi) is 6.48. The van der Waals surface area contributed by atoms with E-state index in [0.29, 0.717) is 0 Å². The zero-order chi connectivity index (χ0) is 12.0. The van der Waals surface area contributed by atoms with Crippen molar-refractivity contribution in [2.75, 3.05) is 12.0 Å². The van der Waals surface area contributed by atoms with E-state index < -0.39 is 0 Å². The molecule has 0 saturated carbocycles. The summed E-state index contributed by atoms with van der Waals surface area (Å²) in [6, 6.07) is 0. The van der Waals surface area contributed by atoms with Crippen LogP contribution >= 0.6 is 46.6 Å². The molecular weight excluding hydrogens is 280 g/mol. The fraction of sp³-hybridized carbons (Fsp3) is 0.444. The molecule has 0 aliphatic carbocycles. The van der Waals surface area contributed by atoms with Crippen molar-refractivity contribution in [1.82, 2.24) is 10.2 Å². The lowest BCUT2D eigenvalue weighted by molar-refractivity contribution is -0.107. The number of hydrogen-bond donors (Lipinski definition) is 0. The summed E-state index contributed by atoms with van der Waals surface area (Å²) in [5.41, 5.74) is 0. The van der Waals surface area contributed by atoms with Gasteiger partial charge in [-0.15, -0.1) is 10.2 Å².